The lowest BCUT2D eigenvalue weighted by Gasteiger charge is -2.08. The Kier molecular flexibility index (Phi) is 5.95. The molecule has 0 radical (unpaired) electrons. The molecule has 23 heavy (non-hydrogen) atoms. The standard InChI is InChI=1S/C15H25N5O3/c1-11(2)14(22)17-8-7-16-13(21)10-20-15(23)19-9-5-3-4-6-12(19)18-20/h11H,3-10H2,1-2H3,(H,16,21)(H,17,22). The van der Waals surface area contributed by atoms with E-state index in [2.05, 4.69) is 15.7 Å². The SMILES string of the molecule is CC(C)C(=O)NCCNC(=O)Cn1nc2n(c1=O)CCCCC2. The summed E-state index contributed by atoms with van der Waals surface area (Å²) in [6.07, 6.45) is 3.88. The van der Waals surface area contributed by atoms with Gasteiger partial charge in [-0.1, -0.05) is 20.3 Å². The van der Waals surface area contributed by atoms with Gasteiger partial charge < -0.3 is 10.6 Å². The number of carbonyl (C=O) groups is 2. The monoisotopic (exact) mass is 323 g/mol. The van der Waals surface area contributed by atoms with E-state index in [9.17, 15) is 14.4 Å². The topological polar surface area (TPSA) is 98.0 Å². The predicted molar refractivity (Wildman–Crippen MR) is 84.9 cm³/mol. The molecule has 0 saturated carbocycles. The number of aromatic nitrogens is 3. The summed E-state index contributed by atoms with van der Waals surface area (Å²) < 4.78 is 2.89. The summed E-state index contributed by atoms with van der Waals surface area (Å²) in [6.45, 7) is 4.91. The number of carbonyl (C=O) groups excluding carboxylic acids is 2. The molecule has 2 heterocycles. The van der Waals surface area contributed by atoms with Gasteiger partial charge in [0.2, 0.25) is 11.8 Å². The maximum Gasteiger partial charge on any atom is 0.346 e. The maximum atomic E-state index is 12.2. The minimum atomic E-state index is -0.279. The van der Waals surface area contributed by atoms with Gasteiger partial charge in [0.1, 0.15) is 12.4 Å². The zero-order chi connectivity index (χ0) is 16.8. The predicted octanol–water partition coefficient (Wildman–Crippen LogP) is -0.340. The molecule has 2 N–H and O–H groups in total. The van der Waals surface area contributed by atoms with Crippen molar-refractivity contribution in [3.8, 4) is 0 Å². The molecule has 2 amide bonds. The van der Waals surface area contributed by atoms with Gasteiger partial charge in [-0.2, -0.15) is 5.10 Å². The average Bonchev–Trinajstić information content (AvgIpc) is 2.68. The minimum absolute atomic E-state index is 0.0479. The van der Waals surface area contributed by atoms with E-state index in [4.69, 9.17) is 0 Å². The summed E-state index contributed by atoms with van der Waals surface area (Å²) in [4.78, 5) is 35.5. The van der Waals surface area contributed by atoms with Crippen LogP contribution in [0.3, 0.4) is 0 Å². The molecule has 1 aromatic rings. The number of amides is 2. The van der Waals surface area contributed by atoms with Gasteiger partial charge in [-0.05, 0) is 12.8 Å². The second-order valence-corrected chi connectivity index (χ2v) is 6.11. The normalized spacial score (nSPS) is 14.2. The van der Waals surface area contributed by atoms with E-state index in [1.807, 2.05) is 13.8 Å². The number of nitrogens with zero attached hydrogens (tertiary/aromatic N) is 3. The molecule has 1 aliphatic heterocycles. The summed E-state index contributed by atoms with van der Waals surface area (Å²) >= 11 is 0. The minimum Gasteiger partial charge on any atom is -0.354 e. The highest BCUT2D eigenvalue weighted by Crippen LogP contribution is 2.09. The number of hydrogen-bond acceptors (Lipinski definition) is 4. The van der Waals surface area contributed by atoms with Crippen molar-refractivity contribution in [2.75, 3.05) is 13.1 Å². The van der Waals surface area contributed by atoms with Gasteiger partial charge in [0.15, 0.2) is 0 Å². The Labute approximate surface area is 135 Å². The van der Waals surface area contributed by atoms with Crippen LogP contribution >= 0.6 is 0 Å². The van der Waals surface area contributed by atoms with Crippen molar-refractivity contribution in [1.29, 1.82) is 0 Å². The third kappa shape index (κ3) is 4.67. The number of rotatable bonds is 6. The zero-order valence-electron chi connectivity index (χ0n) is 13.8. The Morgan fingerprint density at radius 3 is 2.65 bits per heavy atom. The Morgan fingerprint density at radius 2 is 1.91 bits per heavy atom. The van der Waals surface area contributed by atoms with E-state index in [1.165, 1.54) is 4.68 Å². The van der Waals surface area contributed by atoms with Crippen molar-refractivity contribution >= 4 is 11.8 Å². The molecule has 1 aromatic heterocycles. The summed E-state index contributed by atoms with van der Waals surface area (Å²) in [5.41, 5.74) is -0.217. The molecule has 2 rings (SSSR count). The third-order valence-corrected chi connectivity index (χ3v) is 3.85. The molecule has 0 atom stereocenters. The first-order chi connectivity index (χ1) is 11.0. The van der Waals surface area contributed by atoms with E-state index in [0.29, 0.717) is 19.6 Å². The zero-order valence-corrected chi connectivity index (χ0v) is 13.8. The Bertz CT molecular complexity index is 617. The average molecular weight is 323 g/mol. The van der Waals surface area contributed by atoms with Crippen LogP contribution in [0.1, 0.15) is 38.9 Å². The highest BCUT2D eigenvalue weighted by atomic mass is 16.2. The molecule has 0 unspecified atom stereocenters. The molecule has 0 bridgehead atoms. The quantitative estimate of drug-likeness (QED) is 0.700. The Hall–Kier alpha value is -2.12. The fraction of sp³-hybridized carbons (Fsp3) is 0.733. The molecule has 8 heteroatoms. The second-order valence-electron chi connectivity index (χ2n) is 6.11. The lowest BCUT2D eigenvalue weighted by Crippen LogP contribution is -2.39. The van der Waals surface area contributed by atoms with Crippen LogP contribution < -0.4 is 16.3 Å². The van der Waals surface area contributed by atoms with E-state index in [1.54, 1.807) is 4.57 Å². The van der Waals surface area contributed by atoms with Crippen LogP contribution in [0.25, 0.3) is 0 Å². The van der Waals surface area contributed by atoms with Crippen LogP contribution in [-0.4, -0.2) is 39.3 Å². The molecule has 128 valence electrons. The second kappa shape index (κ2) is 7.94. The molecule has 0 aliphatic carbocycles. The Morgan fingerprint density at radius 1 is 1.17 bits per heavy atom. The summed E-state index contributed by atoms with van der Waals surface area (Å²) in [7, 11) is 0. The molecule has 1 aliphatic rings. The van der Waals surface area contributed by atoms with Crippen molar-refractivity contribution in [3.63, 3.8) is 0 Å². The van der Waals surface area contributed by atoms with Gasteiger partial charge in [-0.25, -0.2) is 9.48 Å². The first kappa shape index (κ1) is 17.2. The van der Waals surface area contributed by atoms with Gasteiger partial charge in [-0.3, -0.25) is 14.2 Å². The molecule has 0 spiro atoms. The van der Waals surface area contributed by atoms with Crippen molar-refractivity contribution in [2.24, 2.45) is 5.92 Å². The molecule has 8 nitrogen and oxygen atoms in total. The smallest absolute Gasteiger partial charge is 0.346 e. The number of nitrogens with one attached hydrogen (secondary N) is 2. The fourth-order valence-electron chi connectivity index (χ4n) is 2.51. The third-order valence-electron chi connectivity index (χ3n) is 3.85. The number of fused-ring (bicyclic) bond motifs is 1. The van der Waals surface area contributed by atoms with Gasteiger partial charge in [0.25, 0.3) is 0 Å². The van der Waals surface area contributed by atoms with Crippen LogP contribution in [0.5, 0.6) is 0 Å². The molecular formula is C15H25N5O3. The highest BCUT2D eigenvalue weighted by molar-refractivity contribution is 5.78. The molecule has 0 saturated heterocycles. The molecule has 0 aromatic carbocycles. The number of hydrogen-bond donors (Lipinski definition) is 2. The van der Waals surface area contributed by atoms with Crippen LogP contribution in [-0.2, 0) is 29.1 Å². The van der Waals surface area contributed by atoms with Crippen molar-refractivity contribution in [3.05, 3.63) is 16.3 Å². The van der Waals surface area contributed by atoms with Crippen LogP contribution in [0, 0.1) is 5.92 Å². The largest absolute Gasteiger partial charge is 0.354 e. The van der Waals surface area contributed by atoms with E-state index < -0.39 is 0 Å². The van der Waals surface area contributed by atoms with Crippen LogP contribution in [0.2, 0.25) is 0 Å². The first-order valence-corrected chi connectivity index (χ1v) is 8.20. The van der Waals surface area contributed by atoms with Gasteiger partial charge in [0, 0.05) is 32.0 Å². The maximum absolute atomic E-state index is 12.2. The van der Waals surface area contributed by atoms with Crippen LogP contribution in [0.4, 0.5) is 0 Å². The molecule has 0 fully saturated rings. The van der Waals surface area contributed by atoms with Gasteiger partial charge >= 0.3 is 5.69 Å². The summed E-state index contributed by atoms with van der Waals surface area (Å²) in [5.74, 6) is 0.363. The van der Waals surface area contributed by atoms with E-state index >= 15 is 0 Å². The number of aryl methyl sites for hydroxylation is 1. The molecular weight excluding hydrogens is 298 g/mol. The van der Waals surface area contributed by atoms with Crippen LogP contribution in [0.15, 0.2) is 4.79 Å². The van der Waals surface area contributed by atoms with E-state index in [-0.39, 0.29) is 30.0 Å². The van der Waals surface area contributed by atoms with Gasteiger partial charge in [0.05, 0.1) is 0 Å². The lowest BCUT2D eigenvalue weighted by atomic mass is 10.2. The van der Waals surface area contributed by atoms with Crippen molar-refractivity contribution in [1.82, 2.24) is 25.0 Å². The summed E-state index contributed by atoms with van der Waals surface area (Å²) in [6, 6.07) is 0. The van der Waals surface area contributed by atoms with Crippen molar-refractivity contribution in [2.45, 2.75) is 52.6 Å². The fourth-order valence-corrected chi connectivity index (χ4v) is 2.51. The van der Waals surface area contributed by atoms with Gasteiger partial charge in [-0.15, -0.1) is 0 Å². The summed E-state index contributed by atoms with van der Waals surface area (Å²) in [5, 5.41) is 9.67. The van der Waals surface area contributed by atoms with Crippen molar-refractivity contribution < 1.29 is 9.59 Å². The Balaban J connectivity index is 1.82. The first-order valence-electron chi connectivity index (χ1n) is 8.20. The highest BCUT2D eigenvalue weighted by Gasteiger charge is 2.17. The lowest BCUT2D eigenvalue weighted by molar-refractivity contribution is -0.125. The van der Waals surface area contributed by atoms with E-state index in [0.717, 1.165) is 31.5 Å².